The maximum absolute atomic E-state index is 12.7. The Hall–Kier alpha value is -1.23. The van der Waals surface area contributed by atoms with Crippen LogP contribution < -0.4 is 4.74 Å². The van der Waals surface area contributed by atoms with Gasteiger partial charge in [-0.2, -0.15) is 13.2 Å². The fourth-order valence-corrected chi connectivity index (χ4v) is 1.53. The lowest BCUT2D eigenvalue weighted by Crippen LogP contribution is -2.14. The summed E-state index contributed by atoms with van der Waals surface area (Å²) < 4.78 is 42.9. The van der Waals surface area contributed by atoms with Crippen molar-refractivity contribution in [3.63, 3.8) is 0 Å². The maximum Gasteiger partial charge on any atom is 0.416 e. The first kappa shape index (κ1) is 12.8. The van der Waals surface area contributed by atoms with Crippen molar-refractivity contribution in [1.82, 2.24) is 0 Å². The van der Waals surface area contributed by atoms with Gasteiger partial charge < -0.3 is 9.84 Å². The summed E-state index contributed by atoms with van der Waals surface area (Å²) in [5.41, 5.74) is -0.764. The number of alkyl halides is 3. The van der Waals surface area contributed by atoms with Crippen molar-refractivity contribution in [3.8, 4) is 5.75 Å². The topological polar surface area (TPSA) is 29.5 Å². The average molecular weight is 234 g/mol. The molecule has 16 heavy (non-hydrogen) atoms. The van der Waals surface area contributed by atoms with E-state index < -0.39 is 17.8 Å². The summed E-state index contributed by atoms with van der Waals surface area (Å²) in [6.07, 6.45) is -5.37. The fraction of sp³-hybridized carbons (Fsp3) is 0.455. The van der Waals surface area contributed by atoms with Crippen LogP contribution in [0.25, 0.3) is 0 Å². The number of methoxy groups -OCH3 is 1. The normalized spacial score (nSPS) is 13.6. The Kier molecular flexibility index (Phi) is 3.80. The molecule has 0 fully saturated rings. The molecule has 0 spiro atoms. The van der Waals surface area contributed by atoms with E-state index in [1.54, 1.807) is 0 Å². The second-order valence-electron chi connectivity index (χ2n) is 3.54. The van der Waals surface area contributed by atoms with Crippen LogP contribution in [0.5, 0.6) is 5.75 Å². The summed E-state index contributed by atoms with van der Waals surface area (Å²) in [7, 11) is 1.31. The Labute approximate surface area is 91.7 Å². The van der Waals surface area contributed by atoms with Gasteiger partial charge in [0, 0.05) is 12.0 Å². The number of benzene rings is 1. The van der Waals surface area contributed by atoms with Crippen molar-refractivity contribution in [3.05, 3.63) is 29.3 Å². The van der Waals surface area contributed by atoms with Gasteiger partial charge in [0.1, 0.15) is 5.75 Å². The van der Waals surface area contributed by atoms with Gasteiger partial charge in [0.25, 0.3) is 0 Å². The second-order valence-corrected chi connectivity index (χ2v) is 3.54. The molecule has 2 nitrogen and oxygen atoms in total. The van der Waals surface area contributed by atoms with Crippen LogP contribution in [0.2, 0.25) is 0 Å². The van der Waals surface area contributed by atoms with Crippen LogP contribution in [-0.2, 0) is 12.6 Å². The molecule has 1 unspecified atom stereocenters. The van der Waals surface area contributed by atoms with Gasteiger partial charge in [-0.25, -0.2) is 0 Å². The molecule has 0 saturated carbocycles. The van der Waals surface area contributed by atoms with Crippen LogP contribution in [0.15, 0.2) is 18.2 Å². The largest absolute Gasteiger partial charge is 0.496 e. The Bertz CT molecular complexity index is 359. The summed E-state index contributed by atoms with van der Waals surface area (Å²) in [5, 5.41) is 9.19. The number of ether oxygens (including phenoxy) is 1. The van der Waals surface area contributed by atoms with Crippen LogP contribution in [0.3, 0.4) is 0 Å². The van der Waals surface area contributed by atoms with Gasteiger partial charge in [-0.1, -0.05) is 6.07 Å². The first-order valence-corrected chi connectivity index (χ1v) is 4.77. The van der Waals surface area contributed by atoms with E-state index in [1.165, 1.54) is 26.2 Å². The third kappa shape index (κ3) is 2.88. The Morgan fingerprint density at radius 3 is 2.44 bits per heavy atom. The van der Waals surface area contributed by atoms with Gasteiger partial charge in [0.15, 0.2) is 0 Å². The van der Waals surface area contributed by atoms with Gasteiger partial charge in [0.05, 0.1) is 18.8 Å². The minimum atomic E-state index is -4.43. The van der Waals surface area contributed by atoms with E-state index in [-0.39, 0.29) is 17.7 Å². The van der Waals surface area contributed by atoms with Crippen molar-refractivity contribution in [2.45, 2.75) is 25.6 Å². The quantitative estimate of drug-likeness (QED) is 0.871. The molecule has 0 aliphatic rings. The summed E-state index contributed by atoms with van der Waals surface area (Å²) in [6, 6.07) is 3.72. The highest BCUT2D eigenvalue weighted by molar-refractivity contribution is 5.42. The maximum atomic E-state index is 12.7. The third-order valence-electron chi connectivity index (χ3n) is 2.16. The van der Waals surface area contributed by atoms with Gasteiger partial charge in [-0.3, -0.25) is 0 Å². The zero-order valence-electron chi connectivity index (χ0n) is 9.01. The Balaban J connectivity index is 3.26. The van der Waals surface area contributed by atoms with Crippen molar-refractivity contribution in [2.24, 2.45) is 0 Å². The summed E-state index contributed by atoms with van der Waals surface area (Å²) >= 11 is 0. The second kappa shape index (κ2) is 4.74. The zero-order chi connectivity index (χ0) is 12.3. The Morgan fingerprint density at radius 2 is 2.00 bits per heavy atom. The predicted octanol–water partition coefficient (Wildman–Crippen LogP) is 2.64. The highest BCUT2D eigenvalue weighted by Gasteiger charge is 2.34. The van der Waals surface area contributed by atoms with Crippen LogP contribution in [0.4, 0.5) is 13.2 Å². The van der Waals surface area contributed by atoms with Gasteiger partial charge in [-0.15, -0.1) is 0 Å². The van der Waals surface area contributed by atoms with Crippen molar-refractivity contribution >= 4 is 0 Å². The molecular formula is C11H13F3O2. The minimum absolute atomic E-state index is 0.00694. The van der Waals surface area contributed by atoms with E-state index in [1.807, 2.05) is 0 Å². The molecule has 1 atom stereocenters. The molecule has 1 aromatic rings. The molecule has 0 aromatic heterocycles. The minimum Gasteiger partial charge on any atom is -0.496 e. The molecule has 0 heterocycles. The number of halogens is 3. The van der Waals surface area contributed by atoms with E-state index in [4.69, 9.17) is 4.74 Å². The highest BCUT2D eigenvalue weighted by atomic mass is 19.4. The van der Waals surface area contributed by atoms with E-state index in [9.17, 15) is 18.3 Å². The molecule has 1 N–H and O–H groups in total. The monoisotopic (exact) mass is 234 g/mol. The fourth-order valence-electron chi connectivity index (χ4n) is 1.53. The molecule has 0 saturated heterocycles. The third-order valence-corrected chi connectivity index (χ3v) is 2.16. The zero-order valence-corrected chi connectivity index (χ0v) is 9.01. The molecular weight excluding hydrogens is 221 g/mol. The number of aliphatic hydroxyl groups is 1. The van der Waals surface area contributed by atoms with Crippen LogP contribution in [-0.4, -0.2) is 18.3 Å². The van der Waals surface area contributed by atoms with Gasteiger partial charge in [0.2, 0.25) is 0 Å². The standard InChI is InChI=1S/C11H13F3O2/c1-7(15)6-8-9(11(12,13)14)4-3-5-10(8)16-2/h3-5,7,15H,6H2,1-2H3. The number of hydrogen-bond acceptors (Lipinski definition) is 2. The van der Waals surface area contributed by atoms with E-state index in [0.29, 0.717) is 0 Å². The summed E-state index contributed by atoms with van der Waals surface area (Å²) in [4.78, 5) is 0. The van der Waals surface area contributed by atoms with Gasteiger partial charge in [-0.05, 0) is 19.1 Å². The average Bonchev–Trinajstić information content (AvgIpc) is 2.15. The molecule has 0 amide bonds. The van der Waals surface area contributed by atoms with Crippen LogP contribution >= 0.6 is 0 Å². The smallest absolute Gasteiger partial charge is 0.416 e. The van der Waals surface area contributed by atoms with E-state index in [2.05, 4.69) is 0 Å². The molecule has 0 radical (unpaired) electrons. The first-order valence-electron chi connectivity index (χ1n) is 4.77. The number of hydrogen-bond donors (Lipinski definition) is 1. The lowest BCUT2D eigenvalue weighted by Gasteiger charge is -2.17. The van der Waals surface area contributed by atoms with Gasteiger partial charge >= 0.3 is 6.18 Å². The van der Waals surface area contributed by atoms with Crippen LogP contribution in [0.1, 0.15) is 18.1 Å². The molecule has 0 aliphatic heterocycles. The van der Waals surface area contributed by atoms with Crippen molar-refractivity contribution in [1.29, 1.82) is 0 Å². The van der Waals surface area contributed by atoms with E-state index in [0.717, 1.165) is 6.07 Å². The first-order chi connectivity index (χ1) is 7.36. The summed E-state index contributed by atoms with van der Waals surface area (Å²) in [5.74, 6) is 0.149. The van der Waals surface area contributed by atoms with E-state index >= 15 is 0 Å². The Morgan fingerprint density at radius 1 is 1.38 bits per heavy atom. The van der Waals surface area contributed by atoms with Crippen LogP contribution in [0, 0.1) is 0 Å². The van der Waals surface area contributed by atoms with Crippen molar-refractivity contribution < 1.29 is 23.0 Å². The lowest BCUT2D eigenvalue weighted by molar-refractivity contribution is -0.138. The number of rotatable bonds is 3. The molecule has 0 aliphatic carbocycles. The molecule has 1 rings (SSSR count). The molecule has 1 aromatic carbocycles. The predicted molar refractivity (Wildman–Crippen MR) is 53.4 cm³/mol. The summed E-state index contributed by atoms with van der Waals surface area (Å²) in [6.45, 7) is 1.44. The molecule has 5 heteroatoms. The molecule has 90 valence electrons. The highest BCUT2D eigenvalue weighted by Crippen LogP contribution is 2.36. The lowest BCUT2D eigenvalue weighted by atomic mass is 10.0. The molecule has 0 bridgehead atoms. The number of aliphatic hydroxyl groups excluding tert-OH is 1. The SMILES string of the molecule is COc1cccc(C(F)(F)F)c1CC(C)O. The van der Waals surface area contributed by atoms with Crippen molar-refractivity contribution in [2.75, 3.05) is 7.11 Å².